The second-order valence-electron chi connectivity index (χ2n) is 5.36. The third kappa shape index (κ3) is 2.07. The molecule has 2 aromatic heterocycles. The Morgan fingerprint density at radius 1 is 0.864 bits per heavy atom. The predicted octanol–water partition coefficient (Wildman–Crippen LogP) is 3.52. The molecule has 3 nitrogen and oxygen atoms in total. The van der Waals surface area contributed by atoms with E-state index < -0.39 is 0 Å². The fourth-order valence-corrected chi connectivity index (χ4v) is 2.79. The first kappa shape index (κ1) is 12.8. The van der Waals surface area contributed by atoms with Crippen LogP contribution < -0.4 is 4.57 Å². The van der Waals surface area contributed by atoms with Crippen molar-refractivity contribution in [2.24, 2.45) is 7.05 Å². The number of imidazole rings is 1. The van der Waals surface area contributed by atoms with Crippen LogP contribution in [0.25, 0.3) is 28.0 Å². The van der Waals surface area contributed by atoms with Crippen LogP contribution in [0.4, 0.5) is 0 Å². The standard InChI is InChI=1S/C19H16N3/c1-21-14-22(19-18(21)11-6-12-20-19)17-10-5-9-16(13-17)15-7-3-2-4-8-15/h2-14H,1H3/q+1. The molecule has 3 heteroatoms. The van der Waals surface area contributed by atoms with E-state index in [4.69, 9.17) is 0 Å². The molecule has 22 heavy (non-hydrogen) atoms. The first-order chi connectivity index (χ1) is 10.8. The number of nitrogens with zero attached hydrogens (tertiary/aromatic N) is 3. The molecule has 0 atom stereocenters. The van der Waals surface area contributed by atoms with Crippen molar-refractivity contribution in [3.05, 3.63) is 79.3 Å². The highest BCUT2D eigenvalue weighted by Gasteiger charge is 2.16. The molecule has 0 spiro atoms. The third-order valence-electron chi connectivity index (χ3n) is 3.89. The van der Waals surface area contributed by atoms with Gasteiger partial charge in [0.15, 0.2) is 5.52 Å². The number of fused-ring (bicyclic) bond motifs is 1. The van der Waals surface area contributed by atoms with Crippen LogP contribution in [0.5, 0.6) is 0 Å². The summed E-state index contributed by atoms with van der Waals surface area (Å²) in [5.74, 6) is 0. The maximum atomic E-state index is 4.52. The maximum absolute atomic E-state index is 4.52. The SMILES string of the molecule is C[n+]1cn(-c2cccc(-c3ccccc3)c2)c2ncccc21. The Morgan fingerprint density at radius 3 is 2.55 bits per heavy atom. The molecule has 106 valence electrons. The summed E-state index contributed by atoms with van der Waals surface area (Å²) in [7, 11) is 2.04. The van der Waals surface area contributed by atoms with Gasteiger partial charge >= 0.3 is 0 Å². The van der Waals surface area contributed by atoms with Gasteiger partial charge in [-0.3, -0.25) is 0 Å². The summed E-state index contributed by atoms with van der Waals surface area (Å²) >= 11 is 0. The highest BCUT2D eigenvalue weighted by molar-refractivity contribution is 5.71. The van der Waals surface area contributed by atoms with Crippen LogP contribution in [0.15, 0.2) is 79.3 Å². The zero-order valence-corrected chi connectivity index (χ0v) is 12.3. The number of pyridine rings is 1. The molecular weight excluding hydrogens is 270 g/mol. The molecule has 0 fully saturated rings. The van der Waals surface area contributed by atoms with Crippen LogP contribution in [0.1, 0.15) is 0 Å². The lowest BCUT2D eigenvalue weighted by Crippen LogP contribution is -2.25. The van der Waals surface area contributed by atoms with Gasteiger partial charge < -0.3 is 0 Å². The smallest absolute Gasteiger partial charge is 0.231 e. The van der Waals surface area contributed by atoms with Crippen molar-refractivity contribution in [2.45, 2.75) is 0 Å². The van der Waals surface area contributed by atoms with E-state index in [-0.39, 0.29) is 0 Å². The van der Waals surface area contributed by atoms with E-state index in [0.29, 0.717) is 0 Å². The molecule has 2 heterocycles. The number of aromatic nitrogens is 3. The Balaban J connectivity index is 1.89. The van der Waals surface area contributed by atoms with Gasteiger partial charge in [-0.1, -0.05) is 42.5 Å². The molecule has 0 N–H and O–H groups in total. The van der Waals surface area contributed by atoms with Gasteiger partial charge in [-0.2, -0.15) is 4.57 Å². The largest absolute Gasteiger partial charge is 0.273 e. The maximum Gasteiger partial charge on any atom is 0.273 e. The molecule has 2 aromatic carbocycles. The van der Waals surface area contributed by atoms with Gasteiger partial charge in [0.25, 0.3) is 12.0 Å². The fourth-order valence-electron chi connectivity index (χ4n) is 2.79. The minimum Gasteiger partial charge on any atom is -0.231 e. The molecular formula is C19H16N3+. The molecule has 0 saturated heterocycles. The zero-order valence-electron chi connectivity index (χ0n) is 12.3. The molecule has 0 aliphatic heterocycles. The Labute approximate surface area is 129 Å². The van der Waals surface area contributed by atoms with Gasteiger partial charge in [0.1, 0.15) is 5.69 Å². The quantitative estimate of drug-likeness (QED) is 0.517. The van der Waals surface area contributed by atoms with Crippen molar-refractivity contribution in [1.82, 2.24) is 9.55 Å². The first-order valence-corrected chi connectivity index (χ1v) is 7.30. The fraction of sp³-hybridized carbons (Fsp3) is 0.0526. The van der Waals surface area contributed by atoms with Gasteiger partial charge in [0.2, 0.25) is 0 Å². The minimum absolute atomic E-state index is 0.968. The summed E-state index contributed by atoms with van der Waals surface area (Å²) in [6, 6.07) is 23.0. The van der Waals surface area contributed by atoms with Crippen LogP contribution >= 0.6 is 0 Å². The Bertz CT molecular complexity index is 939. The second-order valence-corrected chi connectivity index (χ2v) is 5.36. The Hall–Kier alpha value is -2.94. The predicted molar refractivity (Wildman–Crippen MR) is 87.7 cm³/mol. The Morgan fingerprint density at radius 2 is 1.68 bits per heavy atom. The monoisotopic (exact) mass is 286 g/mol. The molecule has 4 rings (SSSR count). The number of rotatable bonds is 2. The van der Waals surface area contributed by atoms with Crippen LogP contribution in [-0.2, 0) is 7.05 Å². The van der Waals surface area contributed by atoms with Crippen LogP contribution in [0, 0.1) is 0 Å². The topological polar surface area (TPSA) is 21.7 Å². The molecule has 0 aliphatic rings. The zero-order chi connectivity index (χ0) is 14.9. The van der Waals surface area contributed by atoms with E-state index in [2.05, 4.69) is 75.0 Å². The molecule has 0 unspecified atom stereocenters. The van der Waals surface area contributed by atoms with Gasteiger partial charge in [-0.05, 0) is 35.4 Å². The number of hydrogen-bond donors (Lipinski definition) is 0. The van der Waals surface area contributed by atoms with Gasteiger partial charge in [-0.15, -0.1) is 0 Å². The normalized spacial score (nSPS) is 11.0. The van der Waals surface area contributed by atoms with E-state index in [0.717, 1.165) is 16.9 Å². The first-order valence-electron chi connectivity index (χ1n) is 7.30. The van der Waals surface area contributed by atoms with Crippen LogP contribution in [-0.4, -0.2) is 9.55 Å². The molecule has 0 bridgehead atoms. The Kier molecular flexibility index (Phi) is 2.97. The lowest BCUT2D eigenvalue weighted by Gasteiger charge is -2.03. The third-order valence-corrected chi connectivity index (χ3v) is 3.89. The highest BCUT2D eigenvalue weighted by Crippen LogP contribution is 2.23. The van der Waals surface area contributed by atoms with Crippen molar-refractivity contribution < 1.29 is 4.57 Å². The molecule has 4 aromatic rings. The van der Waals surface area contributed by atoms with Crippen LogP contribution in [0.3, 0.4) is 0 Å². The molecule has 0 radical (unpaired) electrons. The highest BCUT2D eigenvalue weighted by atomic mass is 15.2. The lowest BCUT2D eigenvalue weighted by atomic mass is 10.1. The van der Waals surface area contributed by atoms with Gasteiger partial charge in [0, 0.05) is 6.20 Å². The van der Waals surface area contributed by atoms with Gasteiger partial charge in [-0.25, -0.2) is 9.55 Å². The van der Waals surface area contributed by atoms with E-state index >= 15 is 0 Å². The summed E-state index contributed by atoms with van der Waals surface area (Å²) in [6.07, 6.45) is 3.90. The van der Waals surface area contributed by atoms with E-state index in [1.807, 2.05) is 25.4 Å². The molecule has 0 amide bonds. The van der Waals surface area contributed by atoms with Crippen molar-refractivity contribution in [3.63, 3.8) is 0 Å². The van der Waals surface area contributed by atoms with Crippen molar-refractivity contribution in [3.8, 4) is 16.8 Å². The lowest BCUT2D eigenvalue weighted by molar-refractivity contribution is -0.645. The number of hydrogen-bond acceptors (Lipinski definition) is 1. The van der Waals surface area contributed by atoms with Gasteiger partial charge in [0.05, 0.1) is 7.05 Å². The number of benzene rings is 2. The second kappa shape index (κ2) is 5.11. The van der Waals surface area contributed by atoms with E-state index in [1.165, 1.54) is 11.1 Å². The van der Waals surface area contributed by atoms with E-state index in [1.54, 1.807) is 0 Å². The summed E-state index contributed by atoms with van der Waals surface area (Å²) < 4.78 is 4.22. The average molecular weight is 286 g/mol. The summed E-state index contributed by atoms with van der Waals surface area (Å²) in [5.41, 5.74) is 5.63. The average Bonchev–Trinajstić information content (AvgIpc) is 2.93. The van der Waals surface area contributed by atoms with Crippen molar-refractivity contribution in [1.29, 1.82) is 0 Å². The van der Waals surface area contributed by atoms with Crippen LogP contribution in [0.2, 0.25) is 0 Å². The summed E-state index contributed by atoms with van der Waals surface area (Å²) in [4.78, 5) is 4.52. The number of aryl methyl sites for hydroxylation is 1. The van der Waals surface area contributed by atoms with Crippen molar-refractivity contribution >= 4 is 11.2 Å². The minimum atomic E-state index is 0.968. The summed E-state index contributed by atoms with van der Waals surface area (Å²) in [5, 5.41) is 0. The van der Waals surface area contributed by atoms with Crippen molar-refractivity contribution in [2.75, 3.05) is 0 Å². The molecule has 0 aliphatic carbocycles. The summed E-state index contributed by atoms with van der Waals surface area (Å²) in [6.45, 7) is 0. The molecule has 0 saturated carbocycles. The van der Waals surface area contributed by atoms with E-state index in [9.17, 15) is 0 Å².